The fourth-order valence-electron chi connectivity index (χ4n) is 4.59. The van der Waals surface area contributed by atoms with E-state index in [1.54, 1.807) is 0 Å². The van der Waals surface area contributed by atoms with Gasteiger partial charge in [0, 0.05) is 55.7 Å². The van der Waals surface area contributed by atoms with Crippen molar-refractivity contribution in [2.75, 3.05) is 44.7 Å². The summed E-state index contributed by atoms with van der Waals surface area (Å²) in [5, 5.41) is 5.65. The van der Waals surface area contributed by atoms with Gasteiger partial charge in [0.2, 0.25) is 11.8 Å². The van der Waals surface area contributed by atoms with Gasteiger partial charge in [-0.15, -0.1) is 23.2 Å². The Labute approximate surface area is 284 Å². The Morgan fingerprint density at radius 2 is 1.38 bits per heavy atom. The summed E-state index contributed by atoms with van der Waals surface area (Å²) in [5.74, 6) is -1.40. The van der Waals surface area contributed by atoms with Crippen LogP contribution in [0.2, 0.25) is 0 Å². The van der Waals surface area contributed by atoms with E-state index in [1.807, 2.05) is 19.0 Å². The average molecular weight is 697 g/mol. The zero-order chi connectivity index (χ0) is 34.2. The molecule has 260 valence electrons. The molecule has 0 saturated heterocycles. The second-order valence-corrected chi connectivity index (χ2v) is 12.6. The van der Waals surface area contributed by atoms with Gasteiger partial charge in [0.15, 0.2) is 23.3 Å². The van der Waals surface area contributed by atoms with Crippen molar-refractivity contribution in [1.82, 2.24) is 15.5 Å². The zero-order valence-electron chi connectivity index (χ0n) is 26.9. The van der Waals surface area contributed by atoms with Gasteiger partial charge in [0.1, 0.15) is 0 Å². The van der Waals surface area contributed by atoms with Crippen LogP contribution in [0.15, 0.2) is 4.99 Å². The molecule has 0 fully saturated rings. The van der Waals surface area contributed by atoms with E-state index in [4.69, 9.17) is 40.4 Å². The summed E-state index contributed by atoms with van der Waals surface area (Å²) in [7, 11) is 3.86. The lowest BCUT2D eigenvalue weighted by Crippen LogP contribution is -2.46. The zero-order valence-corrected chi connectivity index (χ0v) is 29.3. The van der Waals surface area contributed by atoms with Crippen LogP contribution in [0.4, 0.5) is 0 Å². The quantitative estimate of drug-likeness (QED) is 0.0232. The number of nitrogens with zero attached hydrogens (tertiary/aromatic N) is 2. The van der Waals surface area contributed by atoms with Crippen molar-refractivity contribution in [3.63, 3.8) is 0 Å². The van der Waals surface area contributed by atoms with Crippen LogP contribution in [0, 0.1) is 5.92 Å². The summed E-state index contributed by atoms with van der Waals surface area (Å²) in [6.45, 7) is 1.00. The van der Waals surface area contributed by atoms with Crippen LogP contribution >= 0.6 is 35.8 Å². The van der Waals surface area contributed by atoms with E-state index in [0.29, 0.717) is 69.5 Å². The van der Waals surface area contributed by atoms with Crippen molar-refractivity contribution in [2.24, 2.45) is 28.1 Å². The van der Waals surface area contributed by atoms with Gasteiger partial charge in [0.25, 0.3) is 0 Å². The summed E-state index contributed by atoms with van der Waals surface area (Å²) < 4.78 is 0. The summed E-state index contributed by atoms with van der Waals surface area (Å²) in [4.78, 5) is 71.0. The first kappa shape index (κ1) is 43.1. The second-order valence-electron chi connectivity index (χ2n) is 11.5. The highest BCUT2D eigenvalue weighted by Gasteiger charge is 2.30. The molecule has 0 radical (unpaired) electrons. The molecule has 0 aromatic rings. The third kappa shape index (κ3) is 21.5. The predicted octanol–water partition coefficient (Wildman–Crippen LogP) is 1.92. The Hall–Kier alpha value is -1.93. The molecular weight excluding hydrogens is 641 g/mol. The molecule has 0 saturated carbocycles. The van der Waals surface area contributed by atoms with E-state index in [1.165, 1.54) is 0 Å². The molecule has 0 bridgehead atoms. The van der Waals surface area contributed by atoms with Gasteiger partial charge in [-0.25, -0.2) is 0 Å². The minimum Gasteiger partial charge on any atom is -0.370 e. The number of nitrogens with two attached hydrogens (primary N) is 3. The summed E-state index contributed by atoms with van der Waals surface area (Å²) in [6.07, 6.45) is 4.69. The number of nitrogens with one attached hydrogen (secondary N) is 2. The summed E-state index contributed by atoms with van der Waals surface area (Å²) in [6, 6.07) is -2.33. The maximum Gasteiger partial charge on any atom is 0.224 e. The van der Waals surface area contributed by atoms with Crippen molar-refractivity contribution >= 4 is 71.0 Å². The minimum atomic E-state index is -0.866. The molecule has 0 aromatic heterocycles. The molecule has 0 aromatic carbocycles. The van der Waals surface area contributed by atoms with Crippen LogP contribution in [0.5, 0.6) is 0 Å². The Morgan fingerprint density at radius 3 is 1.91 bits per heavy atom. The van der Waals surface area contributed by atoms with Gasteiger partial charge in [-0.2, -0.15) is 12.6 Å². The molecule has 4 atom stereocenters. The first-order valence-corrected chi connectivity index (χ1v) is 17.4. The third-order valence-electron chi connectivity index (χ3n) is 7.24. The molecule has 2 amide bonds. The van der Waals surface area contributed by atoms with Gasteiger partial charge in [-0.05, 0) is 78.4 Å². The standard InChI is InChI=1S/C30H55Cl2N7O5S/c1-39(2)18-8-12-26(41)23(10-3-5-15-31)38-29(44)21(9-7-17-36-30(34)35)19-27(42)24(11-4-6-16-32)37-28(43)14-13-25(40)22(33)20-45/h21-24,45H,3-20,33H2,1-2H3,(H,37,43)(H,38,44)(H4,34,35,36)/t21-,22-,23+,24+/m0/s1. The number of halogens is 2. The lowest BCUT2D eigenvalue weighted by Gasteiger charge is -2.24. The number of guanidine groups is 1. The van der Waals surface area contributed by atoms with Crippen LogP contribution in [0.1, 0.15) is 83.5 Å². The molecule has 0 aliphatic heterocycles. The highest BCUT2D eigenvalue weighted by Crippen LogP contribution is 2.18. The fraction of sp³-hybridized carbons (Fsp3) is 0.800. The maximum absolute atomic E-state index is 13.6. The SMILES string of the molecule is CN(C)CCCC(=O)[C@@H](CCCCCl)NC(=O)[C@@H](CCCN=C(N)N)CC(=O)[C@@H](CCCCCl)NC(=O)CCC(=O)[C@@H](N)CS. The molecule has 0 unspecified atom stereocenters. The fourth-order valence-corrected chi connectivity index (χ4v) is 5.18. The number of rotatable bonds is 28. The van der Waals surface area contributed by atoms with Crippen molar-refractivity contribution in [2.45, 2.75) is 102 Å². The van der Waals surface area contributed by atoms with Crippen LogP contribution in [-0.4, -0.2) is 103 Å². The van der Waals surface area contributed by atoms with Crippen LogP contribution in [0.3, 0.4) is 0 Å². The highest BCUT2D eigenvalue weighted by atomic mass is 35.5. The van der Waals surface area contributed by atoms with Crippen molar-refractivity contribution < 1.29 is 24.0 Å². The number of amides is 2. The monoisotopic (exact) mass is 695 g/mol. The largest absolute Gasteiger partial charge is 0.370 e. The number of unbranched alkanes of at least 4 members (excludes halogenated alkanes) is 2. The molecular formula is C30H55Cl2N7O5S. The normalized spacial score (nSPS) is 13.8. The Balaban J connectivity index is 5.80. The van der Waals surface area contributed by atoms with Crippen molar-refractivity contribution in [1.29, 1.82) is 0 Å². The lowest BCUT2D eigenvalue weighted by atomic mass is 9.90. The van der Waals surface area contributed by atoms with Gasteiger partial charge in [-0.3, -0.25) is 29.0 Å². The number of thiol groups is 1. The summed E-state index contributed by atoms with van der Waals surface area (Å²) in [5.41, 5.74) is 16.6. The number of alkyl halides is 2. The van der Waals surface area contributed by atoms with Crippen molar-refractivity contribution in [3.8, 4) is 0 Å². The molecule has 45 heavy (non-hydrogen) atoms. The van der Waals surface area contributed by atoms with E-state index in [9.17, 15) is 24.0 Å². The van der Waals surface area contributed by atoms with E-state index >= 15 is 0 Å². The number of ketones is 3. The number of Topliss-reactive ketones (excluding diaryl/α,β-unsaturated/α-hetero) is 3. The first-order valence-electron chi connectivity index (χ1n) is 15.7. The molecule has 0 spiro atoms. The Kier molecular flexibility index (Phi) is 25.1. The maximum atomic E-state index is 13.6. The predicted molar refractivity (Wildman–Crippen MR) is 185 cm³/mol. The Bertz CT molecular complexity index is 938. The number of aliphatic imine (C=N–C) groups is 1. The molecule has 0 aliphatic carbocycles. The van der Waals surface area contributed by atoms with E-state index in [0.717, 1.165) is 6.54 Å². The summed E-state index contributed by atoms with van der Waals surface area (Å²) >= 11 is 15.7. The first-order chi connectivity index (χ1) is 21.4. The van der Waals surface area contributed by atoms with Crippen molar-refractivity contribution in [3.05, 3.63) is 0 Å². The second kappa shape index (κ2) is 26.2. The molecule has 15 heteroatoms. The minimum absolute atomic E-state index is 0.0660. The van der Waals surface area contributed by atoms with E-state index in [-0.39, 0.29) is 61.3 Å². The van der Waals surface area contributed by atoms with E-state index in [2.05, 4.69) is 28.3 Å². The number of carbonyl (C=O) groups is 5. The van der Waals surface area contributed by atoms with Gasteiger partial charge >= 0.3 is 0 Å². The van der Waals surface area contributed by atoms with Crippen LogP contribution in [-0.2, 0) is 24.0 Å². The molecule has 0 heterocycles. The molecule has 12 nitrogen and oxygen atoms in total. The highest BCUT2D eigenvalue weighted by molar-refractivity contribution is 7.80. The van der Waals surface area contributed by atoms with Gasteiger partial charge in [0.05, 0.1) is 18.1 Å². The number of hydrogen-bond acceptors (Lipinski definition) is 9. The molecule has 0 aliphatic rings. The smallest absolute Gasteiger partial charge is 0.224 e. The third-order valence-corrected chi connectivity index (χ3v) is 8.17. The topological polar surface area (TPSA) is 203 Å². The molecule has 0 rings (SSSR count). The van der Waals surface area contributed by atoms with Crippen LogP contribution in [0.25, 0.3) is 0 Å². The van der Waals surface area contributed by atoms with E-state index < -0.39 is 35.9 Å². The number of hydrogen-bond donors (Lipinski definition) is 6. The lowest BCUT2D eigenvalue weighted by molar-refractivity contribution is -0.134. The average Bonchev–Trinajstić information content (AvgIpc) is 2.99. The van der Waals surface area contributed by atoms with Gasteiger partial charge < -0.3 is 32.7 Å². The number of carbonyl (C=O) groups excluding carboxylic acids is 5. The van der Waals surface area contributed by atoms with Crippen LogP contribution < -0.4 is 27.8 Å². The van der Waals surface area contributed by atoms with Gasteiger partial charge in [-0.1, -0.05) is 0 Å². The molecule has 8 N–H and O–H groups in total. The Morgan fingerprint density at radius 1 is 0.778 bits per heavy atom.